The summed E-state index contributed by atoms with van der Waals surface area (Å²) in [7, 11) is 4.52. The van der Waals surface area contributed by atoms with Gasteiger partial charge in [0.2, 0.25) is 0 Å². The van der Waals surface area contributed by atoms with Gasteiger partial charge in [-0.1, -0.05) is 30.3 Å². The molecule has 0 atom stereocenters. The van der Waals surface area contributed by atoms with Crippen molar-refractivity contribution in [1.82, 2.24) is 13.7 Å². The minimum atomic E-state index is -0.470. The lowest BCUT2D eigenvalue weighted by Crippen LogP contribution is -2.39. The van der Waals surface area contributed by atoms with Gasteiger partial charge in [0, 0.05) is 33.8 Å². The van der Waals surface area contributed by atoms with Crippen LogP contribution in [0.1, 0.15) is 5.56 Å². The molecule has 0 unspecified atom stereocenters. The highest BCUT2D eigenvalue weighted by Gasteiger charge is 2.16. The smallest absolute Gasteiger partial charge is 0.332 e. The molecule has 0 saturated heterocycles. The predicted octanol–water partition coefficient (Wildman–Crippen LogP) is 0.548. The lowest BCUT2D eigenvalue weighted by Gasteiger charge is -2.15. The van der Waals surface area contributed by atoms with Gasteiger partial charge in [-0.05, 0) is 5.56 Å². The second-order valence-corrected chi connectivity index (χ2v) is 5.70. The van der Waals surface area contributed by atoms with E-state index >= 15 is 0 Å². The molecule has 0 radical (unpaired) electrons. The number of hydrogen-bond donors (Lipinski definition) is 1. The van der Waals surface area contributed by atoms with Crippen molar-refractivity contribution in [2.75, 3.05) is 5.32 Å². The Balaban J connectivity index is 2.25. The highest BCUT2D eigenvalue weighted by molar-refractivity contribution is 5.88. The van der Waals surface area contributed by atoms with Gasteiger partial charge < -0.3 is 5.32 Å². The van der Waals surface area contributed by atoms with Gasteiger partial charge >= 0.3 is 5.69 Å². The molecule has 3 rings (SSSR count). The van der Waals surface area contributed by atoms with E-state index in [1.807, 2.05) is 30.3 Å². The lowest BCUT2D eigenvalue weighted by molar-refractivity contribution is 0.689. The van der Waals surface area contributed by atoms with Crippen molar-refractivity contribution in [3.63, 3.8) is 0 Å². The first-order valence-electron chi connectivity index (χ1n) is 7.49. The molecule has 0 spiro atoms. The number of anilines is 1. The molecule has 0 aliphatic heterocycles. The fourth-order valence-corrected chi connectivity index (χ4v) is 2.79. The Bertz CT molecular complexity index is 1090. The maximum absolute atomic E-state index is 12.6. The molecular formula is C17H18N4O3. The highest BCUT2D eigenvalue weighted by atomic mass is 16.2. The van der Waals surface area contributed by atoms with Gasteiger partial charge in [0.25, 0.3) is 11.1 Å². The standard InChI is InChI=1S/C17H18N4O3/c1-19-13(22)9-12(18-10-11-7-5-4-6-8-11)14-15(19)20(2)17(24)21(3)16(14)23/h4-9,18H,10H2,1-3H3. The van der Waals surface area contributed by atoms with E-state index in [2.05, 4.69) is 5.32 Å². The van der Waals surface area contributed by atoms with Gasteiger partial charge in [-0.25, -0.2) is 4.79 Å². The molecule has 7 heteroatoms. The molecular weight excluding hydrogens is 308 g/mol. The van der Waals surface area contributed by atoms with Crippen LogP contribution in [0, 0.1) is 0 Å². The van der Waals surface area contributed by atoms with Crippen LogP contribution in [0.5, 0.6) is 0 Å². The van der Waals surface area contributed by atoms with E-state index in [9.17, 15) is 14.4 Å². The maximum atomic E-state index is 12.6. The van der Waals surface area contributed by atoms with Crippen LogP contribution >= 0.6 is 0 Å². The van der Waals surface area contributed by atoms with E-state index < -0.39 is 11.2 Å². The van der Waals surface area contributed by atoms with E-state index in [0.717, 1.165) is 10.1 Å². The Morgan fingerprint density at radius 2 is 1.58 bits per heavy atom. The van der Waals surface area contributed by atoms with Gasteiger partial charge in [0.05, 0.1) is 5.69 Å². The Labute approximate surface area is 137 Å². The molecule has 0 amide bonds. The van der Waals surface area contributed by atoms with E-state index in [1.54, 1.807) is 14.1 Å². The summed E-state index contributed by atoms with van der Waals surface area (Å²) in [4.78, 5) is 37.0. The summed E-state index contributed by atoms with van der Waals surface area (Å²) in [6.45, 7) is 0.467. The number of nitrogens with one attached hydrogen (secondary N) is 1. The molecule has 0 fully saturated rings. The second-order valence-electron chi connectivity index (χ2n) is 5.70. The monoisotopic (exact) mass is 326 g/mol. The van der Waals surface area contributed by atoms with E-state index in [4.69, 9.17) is 0 Å². The maximum Gasteiger partial charge on any atom is 0.332 e. The Hall–Kier alpha value is -3.09. The van der Waals surface area contributed by atoms with Crippen LogP contribution in [-0.2, 0) is 27.7 Å². The lowest BCUT2D eigenvalue weighted by atomic mass is 10.2. The SMILES string of the molecule is Cn1c(=O)c2c(NCc3ccccc3)cc(=O)n(C)c2n(C)c1=O. The Morgan fingerprint density at radius 3 is 2.25 bits per heavy atom. The minimum absolute atomic E-state index is 0.290. The third kappa shape index (κ3) is 2.44. The van der Waals surface area contributed by atoms with Gasteiger partial charge in [0.15, 0.2) is 0 Å². The van der Waals surface area contributed by atoms with Crippen molar-refractivity contribution in [1.29, 1.82) is 0 Å². The number of hydrogen-bond acceptors (Lipinski definition) is 4. The fraction of sp³-hybridized carbons (Fsp3) is 0.235. The third-order valence-electron chi connectivity index (χ3n) is 4.14. The third-order valence-corrected chi connectivity index (χ3v) is 4.14. The number of benzene rings is 1. The number of nitrogens with zero attached hydrogens (tertiary/aromatic N) is 3. The predicted molar refractivity (Wildman–Crippen MR) is 93.4 cm³/mol. The number of rotatable bonds is 3. The summed E-state index contributed by atoms with van der Waals surface area (Å²) in [6.07, 6.45) is 0. The molecule has 0 saturated carbocycles. The van der Waals surface area contributed by atoms with Crippen LogP contribution in [0.2, 0.25) is 0 Å². The van der Waals surface area contributed by atoms with Crippen LogP contribution in [0.15, 0.2) is 50.8 Å². The highest BCUT2D eigenvalue weighted by Crippen LogP contribution is 2.17. The zero-order valence-electron chi connectivity index (χ0n) is 13.7. The summed E-state index contributed by atoms with van der Waals surface area (Å²) in [5.74, 6) is 0. The first kappa shape index (κ1) is 15.8. The van der Waals surface area contributed by atoms with Crippen LogP contribution in [0.4, 0.5) is 5.69 Å². The number of aryl methyl sites for hydroxylation is 2. The minimum Gasteiger partial charge on any atom is -0.380 e. The molecule has 2 aromatic heterocycles. The number of pyridine rings is 1. The van der Waals surface area contributed by atoms with Gasteiger partial charge in [-0.3, -0.25) is 23.3 Å². The molecule has 124 valence electrons. The van der Waals surface area contributed by atoms with Crippen LogP contribution < -0.4 is 22.1 Å². The van der Waals surface area contributed by atoms with Crippen molar-refractivity contribution in [2.45, 2.75) is 6.54 Å². The Morgan fingerprint density at radius 1 is 0.917 bits per heavy atom. The van der Waals surface area contributed by atoms with Crippen molar-refractivity contribution in [3.8, 4) is 0 Å². The molecule has 0 aliphatic carbocycles. The molecule has 0 bridgehead atoms. The normalized spacial score (nSPS) is 11.0. The van der Waals surface area contributed by atoms with Crippen molar-refractivity contribution < 1.29 is 0 Å². The van der Waals surface area contributed by atoms with E-state index in [-0.39, 0.29) is 5.56 Å². The summed E-state index contributed by atoms with van der Waals surface area (Å²) < 4.78 is 3.66. The van der Waals surface area contributed by atoms with Crippen LogP contribution in [0.25, 0.3) is 11.0 Å². The summed E-state index contributed by atoms with van der Waals surface area (Å²) in [5, 5.41) is 3.46. The largest absolute Gasteiger partial charge is 0.380 e. The number of fused-ring (bicyclic) bond motifs is 1. The Kier molecular flexibility index (Phi) is 3.84. The van der Waals surface area contributed by atoms with Gasteiger partial charge in [-0.15, -0.1) is 0 Å². The summed E-state index contributed by atoms with van der Waals surface area (Å²) in [5.41, 5.74) is 0.551. The quantitative estimate of drug-likeness (QED) is 0.762. The summed E-state index contributed by atoms with van der Waals surface area (Å²) in [6, 6.07) is 11.0. The molecule has 7 nitrogen and oxygen atoms in total. The zero-order chi connectivity index (χ0) is 17.4. The number of aromatic nitrogens is 3. The van der Waals surface area contributed by atoms with Crippen molar-refractivity contribution in [2.24, 2.45) is 21.1 Å². The first-order chi connectivity index (χ1) is 11.4. The van der Waals surface area contributed by atoms with Crippen LogP contribution in [-0.4, -0.2) is 13.7 Å². The van der Waals surface area contributed by atoms with Crippen molar-refractivity contribution >= 4 is 16.7 Å². The summed E-state index contributed by atoms with van der Waals surface area (Å²) >= 11 is 0. The van der Waals surface area contributed by atoms with E-state index in [1.165, 1.54) is 22.2 Å². The molecule has 3 aromatic rings. The van der Waals surface area contributed by atoms with Crippen LogP contribution in [0.3, 0.4) is 0 Å². The zero-order valence-corrected chi connectivity index (χ0v) is 13.7. The average Bonchev–Trinajstić information content (AvgIpc) is 2.59. The topological polar surface area (TPSA) is 78.0 Å². The first-order valence-corrected chi connectivity index (χ1v) is 7.49. The molecule has 1 aromatic carbocycles. The second kappa shape index (κ2) is 5.84. The fourth-order valence-electron chi connectivity index (χ4n) is 2.79. The van der Waals surface area contributed by atoms with Crippen molar-refractivity contribution in [3.05, 3.63) is 73.2 Å². The van der Waals surface area contributed by atoms with E-state index in [0.29, 0.717) is 23.3 Å². The molecule has 2 heterocycles. The molecule has 0 aliphatic rings. The molecule has 24 heavy (non-hydrogen) atoms. The average molecular weight is 326 g/mol. The van der Waals surface area contributed by atoms with Gasteiger partial charge in [0.1, 0.15) is 11.0 Å². The van der Waals surface area contributed by atoms with Gasteiger partial charge in [-0.2, -0.15) is 0 Å². The molecule has 1 N–H and O–H groups in total.